The number of ether oxygens (including phenoxy) is 1. The minimum atomic E-state index is -3.57. The average molecular weight is 451 g/mol. The van der Waals surface area contributed by atoms with Crippen LogP contribution in [0.3, 0.4) is 0 Å². The number of nitrogens with one attached hydrogen (secondary N) is 1. The normalized spacial score (nSPS) is 16.8. The lowest BCUT2D eigenvalue weighted by Crippen LogP contribution is -2.43. The molecule has 0 saturated carbocycles. The van der Waals surface area contributed by atoms with Crippen molar-refractivity contribution in [1.29, 1.82) is 0 Å². The summed E-state index contributed by atoms with van der Waals surface area (Å²) in [4.78, 5) is 13.0. The molecule has 1 N–H and O–H groups in total. The Kier molecular flexibility index (Phi) is 7.39. The predicted octanol–water partition coefficient (Wildman–Crippen LogP) is 4.02. The van der Waals surface area contributed by atoms with Crippen LogP contribution in [0.5, 0.6) is 5.75 Å². The zero-order valence-corrected chi connectivity index (χ0v) is 18.7. The summed E-state index contributed by atoms with van der Waals surface area (Å²) in [6.45, 7) is 2.67. The van der Waals surface area contributed by atoms with Gasteiger partial charge in [0.15, 0.2) is 0 Å². The number of amides is 1. The molecule has 0 aromatic heterocycles. The number of sulfonamides is 1. The molecular weight excluding hydrogens is 424 g/mol. The van der Waals surface area contributed by atoms with Crippen LogP contribution in [-0.4, -0.2) is 38.8 Å². The van der Waals surface area contributed by atoms with E-state index in [1.807, 2.05) is 31.2 Å². The molecule has 1 amide bonds. The van der Waals surface area contributed by atoms with E-state index in [1.165, 1.54) is 16.4 Å². The van der Waals surface area contributed by atoms with E-state index in [9.17, 15) is 13.2 Å². The van der Waals surface area contributed by atoms with Crippen LogP contribution >= 0.6 is 11.6 Å². The van der Waals surface area contributed by atoms with E-state index < -0.39 is 10.0 Å². The van der Waals surface area contributed by atoms with Gasteiger partial charge in [0, 0.05) is 24.0 Å². The van der Waals surface area contributed by atoms with Crippen LogP contribution in [0.2, 0.25) is 5.02 Å². The Morgan fingerprint density at radius 3 is 2.27 bits per heavy atom. The first-order chi connectivity index (χ1) is 14.3. The molecule has 3 rings (SSSR count). The second-order valence-electron chi connectivity index (χ2n) is 7.37. The summed E-state index contributed by atoms with van der Waals surface area (Å²) >= 11 is 5.86. The number of halogens is 1. The second kappa shape index (κ2) is 9.81. The molecule has 1 fully saturated rings. The van der Waals surface area contributed by atoms with Crippen LogP contribution in [0, 0.1) is 5.92 Å². The molecule has 1 saturated heterocycles. The highest BCUT2D eigenvalue weighted by Crippen LogP contribution is 2.26. The molecule has 162 valence electrons. The van der Waals surface area contributed by atoms with Gasteiger partial charge in [-0.25, -0.2) is 8.42 Å². The SMILES string of the molecule is CC[C@H](NC(=O)C1CCN(S(=O)(=O)c2ccc(Cl)cc2)CC1)c1ccc(OC)cc1. The van der Waals surface area contributed by atoms with Crippen molar-refractivity contribution in [3.05, 3.63) is 59.1 Å². The first-order valence-corrected chi connectivity index (χ1v) is 11.9. The fourth-order valence-electron chi connectivity index (χ4n) is 3.66. The van der Waals surface area contributed by atoms with E-state index in [1.54, 1.807) is 19.2 Å². The molecular formula is C22H27ClN2O4S. The van der Waals surface area contributed by atoms with Gasteiger partial charge in [-0.1, -0.05) is 30.7 Å². The molecule has 1 aliphatic heterocycles. The Labute approximate surface area is 183 Å². The van der Waals surface area contributed by atoms with Crippen LogP contribution in [0.1, 0.15) is 37.8 Å². The summed E-state index contributed by atoms with van der Waals surface area (Å²) in [6.07, 6.45) is 1.76. The summed E-state index contributed by atoms with van der Waals surface area (Å²) in [5.74, 6) is 0.546. The standard InChI is InChI=1S/C22H27ClN2O4S/c1-3-21(16-4-8-19(29-2)9-5-16)24-22(26)17-12-14-25(15-13-17)30(27,28)20-10-6-18(23)7-11-20/h4-11,17,21H,3,12-15H2,1-2H3,(H,24,26)/t21-/m0/s1. The molecule has 8 heteroatoms. The quantitative estimate of drug-likeness (QED) is 0.691. The van der Waals surface area contributed by atoms with E-state index in [4.69, 9.17) is 16.3 Å². The third kappa shape index (κ3) is 5.14. The van der Waals surface area contributed by atoms with Crippen molar-refractivity contribution in [1.82, 2.24) is 9.62 Å². The van der Waals surface area contributed by atoms with E-state index in [-0.39, 0.29) is 22.8 Å². The third-order valence-corrected chi connectivity index (χ3v) is 7.68. The number of hydrogen-bond donors (Lipinski definition) is 1. The van der Waals surface area contributed by atoms with Crippen LogP contribution < -0.4 is 10.1 Å². The van der Waals surface area contributed by atoms with Gasteiger partial charge in [-0.05, 0) is 61.2 Å². The Hall–Kier alpha value is -2.09. The van der Waals surface area contributed by atoms with Gasteiger partial charge >= 0.3 is 0 Å². The van der Waals surface area contributed by atoms with Crippen LogP contribution in [-0.2, 0) is 14.8 Å². The fraction of sp³-hybridized carbons (Fsp3) is 0.409. The number of carbonyl (C=O) groups excluding carboxylic acids is 1. The lowest BCUT2D eigenvalue weighted by molar-refractivity contribution is -0.126. The van der Waals surface area contributed by atoms with Gasteiger partial charge < -0.3 is 10.1 Å². The van der Waals surface area contributed by atoms with Crippen molar-refractivity contribution < 1.29 is 17.9 Å². The summed E-state index contributed by atoms with van der Waals surface area (Å²) < 4.78 is 32.2. The van der Waals surface area contributed by atoms with Crippen molar-refractivity contribution in [3.63, 3.8) is 0 Å². The average Bonchev–Trinajstić information content (AvgIpc) is 2.78. The zero-order chi connectivity index (χ0) is 21.7. The van der Waals surface area contributed by atoms with Gasteiger partial charge in [0.25, 0.3) is 0 Å². The maximum atomic E-state index is 12.8. The smallest absolute Gasteiger partial charge is 0.243 e. The number of carbonyl (C=O) groups is 1. The molecule has 0 bridgehead atoms. The molecule has 1 aliphatic rings. The molecule has 1 atom stereocenters. The van der Waals surface area contributed by atoms with Crippen molar-refractivity contribution in [3.8, 4) is 5.75 Å². The lowest BCUT2D eigenvalue weighted by Gasteiger charge is -2.31. The van der Waals surface area contributed by atoms with Gasteiger partial charge in [0.2, 0.25) is 15.9 Å². The Morgan fingerprint density at radius 1 is 1.13 bits per heavy atom. The van der Waals surface area contributed by atoms with Gasteiger partial charge in [-0.15, -0.1) is 0 Å². The van der Waals surface area contributed by atoms with Gasteiger partial charge in [0.1, 0.15) is 5.75 Å². The minimum absolute atomic E-state index is 0.0267. The van der Waals surface area contributed by atoms with Gasteiger partial charge in [-0.3, -0.25) is 4.79 Å². The topological polar surface area (TPSA) is 75.7 Å². The fourth-order valence-corrected chi connectivity index (χ4v) is 5.26. The molecule has 0 unspecified atom stereocenters. The Morgan fingerprint density at radius 2 is 1.73 bits per heavy atom. The Bertz CT molecular complexity index is 954. The monoisotopic (exact) mass is 450 g/mol. The molecule has 30 heavy (non-hydrogen) atoms. The van der Waals surface area contributed by atoms with Crippen LogP contribution in [0.25, 0.3) is 0 Å². The molecule has 6 nitrogen and oxygen atoms in total. The maximum Gasteiger partial charge on any atom is 0.243 e. The minimum Gasteiger partial charge on any atom is -0.497 e. The lowest BCUT2D eigenvalue weighted by atomic mass is 9.95. The summed E-state index contributed by atoms with van der Waals surface area (Å²) in [6, 6.07) is 13.7. The number of nitrogens with zero attached hydrogens (tertiary/aromatic N) is 1. The van der Waals surface area contributed by atoms with Crippen molar-refractivity contribution in [2.45, 2.75) is 37.1 Å². The van der Waals surface area contributed by atoms with Crippen molar-refractivity contribution in [2.24, 2.45) is 5.92 Å². The molecule has 0 radical (unpaired) electrons. The first kappa shape index (κ1) is 22.6. The number of hydrogen-bond acceptors (Lipinski definition) is 4. The largest absolute Gasteiger partial charge is 0.497 e. The van der Waals surface area contributed by atoms with Crippen LogP contribution in [0.15, 0.2) is 53.4 Å². The molecule has 0 spiro atoms. The van der Waals surface area contributed by atoms with E-state index >= 15 is 0 Å². The zero-order valence-electron chi connectivity index (χ0n) is 17.2. The highest BCUT2D eigenvalue weighted by Gasteiger charge is 2.32. The van der Waals surface area contributed by atoms with E-state index in [0.29, 0.717) is 31.0 Å². The molecule has 1 heterocycles. The number of piperidine rings is 1. The second-order valence-corrected chi connectivity index (χ2v) is 9.75. The number of rotatable bonds is 7. The number of benzene rings is 2. The summed E-state index contributed by atoms with van der Waals surface area (Å²) in [5.41, 5.74) is 1.02. The van der Waals surface area contributed by atoms with Crippen molar-refractivity contribution >= 4 is 27.5 Å². The molecule has 0 aliphatic carbocycles. The predicted molar refractivity (Wildman–Crippen MR) is 117 cm³/mol. The van der Waals surface area contributed by atoms with Gasteiger partial charge in [0.05, 0.1) is 18.0 Å². The first-order valence-electron chi connectivity index (χ1n) is 10.0. The highest BCUT2D eigenvalue weighted by atomic mass is 35.5. The van der Waals surface area contributed by atoms with Crippen molar-refractivity contribution in [2.75, 3.05) is 20.2 Å². The van der Waals surface area contributed by atoms with E-state index in [2.05, 4.69) is 5.32 Å². The third-order valence-electron chi connectivity index (χ3n) is 5.52. The van der Waals surface area contributed by atoms with Crippen LogP contribution in [0.4, 0.5) is 0 Å². The molecule has 2 aromatic rings. The highest BCUT2D eigenvalue weighted by molar-refractivity contribution is 7.89. The summed E-state index contributed by atoms with van der Waals surface area (Å²) in [5, 5.41) is 3.61. The Balaban J connectivity index is 1.59. The summed E-state index contributed by atoms with van der Waals surface area (Å²) in [7, 11) is -1.96. The molecule has 2 aromatic carbocycles. The number of methoxy groups -OCH3 is 1. The van der Waals surface area contributed by atoms with Gasteiger partial charge in [-0.2, -0.15) is 4.31 Å². The van der Waals surface area contributed by atoms with E-state index in [0.717, 1.165) is 17.7 Å². The maximum absolute atomic E-state index is 12.8.